The maximum absolute atomic E-state index is 5.47. The number of nitrogens with zero attached hydrogens (tertiary/aromatic N) is 1. The van der Waals surface area contributed by atoms with E-state index in [9.17, 15) is 0 Å². The highest BCUT2D eigenvalue weighted by Crippen LogP contribution is 2.27. The molecule has 1 aliphatic rings. The van der Waals surface area contributed by atoms with Crippen molar-refractivity contribution in [2.75, 3.05) is 20.3 Å². The van der Waals surface area contributed by atoms with Gasteiger partial charge < -0.3 is 10.1 Å². The Morgan fingerprint density at radius 3 is 3.16 bits per heavy atom. The minimum Gasteiger partial charge on any atom is -0.381 e. The third kappa shape index (κ3) is 2.77. The lowest BCUT2D eigenvalue weighted by atomic mass is 9.93. The van der Waals surface area contributed by atoms with Crippen LogP contribution in [0.15, 0.2) is 36.5 Å². The van der Waals surface area contributed by atoms with E-state index in [0.717, 1.165) is 25.2 Å². The topological polar surface area (TPSA) is 34.1 Å². The van der Waals surface area contributed by atoms with E-state index in [1.807, 2.05) is 19.3 Å². The van der Waals surface area contributed by atoms with Gasteiger partial charge in [-0.05, 0) is 49.6 Å². The third-order valence-corrected chi connectivity index (χ3v) is 3.97. The van der Waals surface area contributed by atoms with E-state index in [0.29, 0.717) is 12.0 Å². The minimum atomic E-state index is 0.399. The second kappa shape index (κ2) is 5.68. The molecule has 1 fully saturated rings. The van der Waals surface area contributed by atoms with Crippen molar-refractivity contribution < 1.29 is 4.74 Å². The molecular formula is C16H20N2O. The smallest absolute Gasteiger partial charge is 0.0702 e. The fraction of sp³-hybridized carbons (Fsp3) is 0.438. The SMILES string of the molecule is CNC(CC1CCOC1)c1ccc2ncccc2c1. The highest BCUT2D eigenvalue weighted by molar-refractivity contribution is 5.79. The van der Waals surface area contributed by atoms with Gasteiger partial charge in [0.15, 0.2) is 0 Å². The molecule has 2 atom stereocenters. The Bertz CT molecular complexity index is 549. The van der Waals surface area contributed by atoms with Crippen LogP contribution in [0.3, 0.4) is 0 Å². The minimum absolute atomic E-state index is 0.399. The van der Waals surface area contributed by atoms with Crippen LogP contribution in [0.2, 0.25) is 0 Å². The molecule has 3 heteroatoms. The van der Waals surface area contributed by atoms with Crippen molar-refractivity contribution in [2.45, 2.75) is 18.9 Å². The average molecular weight is 256 g/mol. The molecule has 0 amide bonds. The monoisotopic (exact) mass is 256 g/mol. The van der Waals surface area contributed by atoms with Crippen LogP contribution >= 0.6 is 0 Å². The molecule has 3 nitrogen and oxygen atoms in total. The predicted molar refractivity (Wildman–Crippen MR) is 77.1 cm³/mol. The Labute approximate surface area is 114 Å². The Hall–Kier alpha value is -1.45. The van der Waals surface area contributed by atoms with Crippen molar-refractivity contribution in [1.82, 2.24) is 10.3 Å². The van der Waals surface area contributed by atoms with Crippen molar-refractivity contribution in [3.05, 3.63) is 42.1 Å². The van der Waals surface area contributed by atoms with E-state index in [-0.39, 0.29) is 0 Å². The Morgan fingerprint density at radius 1 is 1.42 bits per heavy atom. The van der Waals surface area contributed by atoms with E-state index in [2.05, 4.69) is 34.6 Å². The Morgan fingerprint density at radius 2 is 2.37 bits per heavy atom. The van der Waals surface area contributed by atoms with Crippen molar-refractivity contribution >= 4 is 10.9 Å². The van der Waals surface area contributed by atoms with Crippen LogP contribution in [0.1, 0.15) is 24.4 Å². The number of rotatable bonds is 4. The van der Waals surface area contributed by atoms with Gasteiger partial charge in [-0.15, -0.1) is 0 Å². The summed E-state index contributed by atoms with van der Waals surface area (Å²) in [5.41, 5.74) is 2.40. The van der Waals surface area contributed by atoms with Gasteiger partial charge in [-0.3, -0.25) is 4.98 Å². The van der Waals surface area contributed by atoms with Gasteiger partial charge in [-0.25, -0.2) is 0 Å². The zero-order valence-electron chi connectivity index (χ0n) is 11.3. The molecule has 3 rings (SSSR count). The van der Waals surface area contributed by atoms with Gasteiger partial charge in [-0.2, -0.15) is 0 Å². The summed E-state index contributed by atoms with van der Waals surface area (Å²) >= 11 is 0. The molecule has 1 aliphatic heterocycles. The number of benzene rings is 1. The summed E-state index contributed by atoms with van der Waals surface area (Å²) in [4.78, 5) is 4.37. The number of hydrogen-bond donors (Lipinski definition) is 1. The number of hydrogen-bond acceptors (Lipinski definition) is 3. The molecule has 1 N–H and O–H groups in total. The highest BCUT2D eigenvalue weighted by Gasteiger charge is 2.21. The van der Waals surface area contributed by atoms with Gasteiger partial charge in [0.1, 0.15) is 0 Å². The number of fused-ring (bicyclic) bond motifs is 1. The molecule has 1 aromatic carbocycles. The Balaban J connectivity index is 1.83. The van der Waals surface area contributed by atoms with Crippen LogP contribution in [0.25, 0.3) is 10.9 Å². The first-order valence-corrected chi connectivity index (χ1v) is 6.96. The summed E-state index contributed by atoms with van der Waals surface area (Å²) < 4.78 is 5.47. The summed E-state index contributed by atoms with van der Waals surface area (Å²) in [5.74, 6) is 0.682. The molecule has 0 spiro atoms. The summed E-state index contributed by atoms with van der Waals surface area (Å²) in [6, 6.07) is 11.1. The lowest BCUT2D eigenvalue weighted by Gasteiger charge is -2.20. The van der Waals surface area contributed by atoms with Crippen molar-refractivity contribution in [3.8, 4) is 0 Å². The summed E-state index contributed by atoms with van der Waals surface area (Å²) in [7, 11) is 2.04. The third-order valence-electron chi connectivity index (χ3n) is 3.97. The van der Waals surface area contributed by atoms with Crippen molar-refractivity contribution in [2.24, 2.45) is 5.92 Å². The zero-order valence-corrected chi connectivity index (χ0v) is 11.3. The average Bonchev–Trinajstić information content (AvgIpc) is 2.97. The molecule has 1 saturated heterocycles. The summed E-state index contributed by atoms with van der Waals surface area (Å²) in [6.45, 7) is 1.83. The molecule has 2 unspecified atom stereocenters. The van der Waals surface area contributed by atoms with Crippen LogP contribution in [0.5, 0.6) is 0 Å². The van der Waals surface area contributed by atoms with E-state index in [1.54, 1.807) is 0 Å². The second-order valence-electron chi connectivity index (χ2n) is 5.26. The van der Waals surface area contributed by atoms with Crippen molar-refractivity contribution in [3.63, 3.8) is 0 Å². The molecule has 0 bridgehead atoms. The molecule has 0 aliphatic carbocycles. The fourth-order valence-corrected chi connectivity index (χ4v) is 2.83. The lowest BCUT2D eigenvalue weighted by molar-refractivity contribution is 0.181. The molecular weight excluding hydrogens is 236 g/mol. The van der Waals surface area contributed by atoms with Gasteiger partial charge >= 0.3 is 0 Å². The van der Waals surface area contributed by atoms with E-state index < -0.39 is 0 Å². The van der Waals surface area contributed by atoms with Gasteiger partial charge in [0.2, 0.25) is 0 Å². The van der Waals surface area contributed by atoms with Gasteiger partial charge in [-0.1, -0.05) is 12.1 Å². The maximum atomic E-state index is 5.47. The number of nitrogens with one attached hydrogen (secondary N) is 1. The van der Waals surface area contributed by atoms with E-state index in [4.69, 9.17) is 4.74 Å². The largest absolute Gasteiger partial charge is 0.381 e. The highest BCUT2D eigenvalue weighted by atomic mass is 16.5. The quantitative estimate of drug-likeness (QED) is 0.913. The first kappa shape index (κ1) is 12.6. The standard InChI is InChI=1S/C16H20N2O/c1-17-16(9-12-6-8-19-11-12)14-4-5-15-13(10-14)3-2-7-18-15/h2-5,7,10,12,16-17H,6,8-9,11H2,1H3. The Kier molecular flexibility index (Phi) is 3.76. The first-order chi connectivity index (χ1) is 9.36. The lowest BCUT2D eigenvalue weighted by Crippen LogP contribution is -2.20. The molecule has 2 heterocycles. The molecule has 1 aromatic heterocycles. The molecule has 0 saturated carbocycles. The van der Waals surface area contributed by atoms with Crippen LogP contribution in [-0.2, 0) is 4.74 Å². The van der Waals surface area contributed by atoms with E-state index >= 15 is 0 Å². The predicted octanol–water partition coefficient (Wildman–Crippen LogP) is 2.92. The number of pyridine rings is 1. The van der Waals surface area contributed by atoms with Crippen molar-refractivity contribution in [1.29, 1.82) is 0 Å². The normalized spacial score (nSPS) is 20.8. The number of ether oxygens (including phenoxy) is 1. The fourth-order valence-electron chi connectivity index (χ4n) is 2.83. The zero-order chi connectivity index (χ0) is 13.1. The maximum Gasteiger partial charge on any atom is 0.0702 e. The van der Waals surface area contributed by atoms with Gasteiger partial charge in [0.25, 0.3) is 0 Å². The first-order valence-electron chi connectivity index (χ1n) is 6.96. The molecule has 2 aromatic rings. The molecule has 0 radical (unpaired) electrons. The van der Waals surface area contributed by atoms with Crippen LogP contribution in [0.4, 0.5) is 0 Å². The van der Waals surface area contributed by atoms with Gasteiger partial charge in [0.05, 0.1) is 5.52 Å². The van der Waals surface area contributed by atoms with Crippen LogP contribution in [0, 0.1) is 5.92 Å². The van der Waals surface area contributed by atoms with Crippen LogP contribution < -0.4 is 5.32 Å². The second-order valence-corrected chi connectivity index (χ2v) is 5.26. The van der Waals surface area contributed by atoms with Crippen LogP contribution in [-0.4, -0.2) is 25.2 Å². The van der Waals surface area contributed by atoms with Gasteiger partial charge in [0, 0.05) is 30.8 Å². The summed E-state index contributed by atoms with van der Waals surface area (Å²) in [5, 5.41) is 4.65. The number of aromatic nitrogens is 1. The molecule has 100 valence electrons. The molecule has 19 heavy (non-hydrogen) atoms. The summed E-state index contributed by atoms with van der Waals surface area (Å²) in [6.07, 6.45) is 4.17. The van der Waals surface area contributed by atoms with E-state index in [1.165, 1.54) is 17.4 Å².